The number of hydrogen-bond acceptors (Lipinski definition) is 0. The number of halogens is 4. The van der Waals surface area contributed by atoms with E-state index >= 15 is 0 Å². The minimum atomic E-state index is -1.30. The molecule has 0 saturated heterocycles. The van der Waals surface area contributed by atoms with Crippen molar-refractivity contribution in [2.24, 2.45) is 0 Å². The zero-order valence-corrected chi connectivity index (χ0v) is 17.0. The Morgan fingerprint density at radius 3 is 1.20 bits per heavy atom. The average molecular weight is 381 g/mol. The van der Waals surface area contributed by atoms with Crippen molar-refractivity contribution in [3.8, 4) is 0 Å². The lowest BCUT2D eigenvalue weighted by Gasteiger charge is -2.45. The summed E-state index contributed by atoms with van der Waals surface area (Å²) in [5.41, 5.74) is 0. The molecule has 0 aromatic heterocycles. The van der Waals surface area contributed by atoms with Crippen LogP contribution in [0.5, 0.6) is 0 Å². The van der Waals surface area contributed by atoms with Gasteiger partial charge in [-0.1, -0.05) is 40.0 Å². The van der Waals surface area contributed by atoms with Gasteiger partial charge in [0.15, 0.2) is 0 Å². The molecular weight excluding hydrogens is 352 g/mol. The van der Waals surface area contributed by atoms with E-state index in [0.29, 0.717) is 0 Å². The summed E-state index contributed by atoms with van der Waals surface area (Å²) >= 11 is 25.1. The summed E-state index contributed by atoms with van der Waals surface area (Å²) in [5, 5.41) is 0. The van der Waals surface area contributed by atoms with Crippen LogP contribution in [-0.4, -0.2) is 34.4 Å². The van der Waals surface area contributed by atoms with Crippen LogP contribution in [0.3, 0.4) is 0 Å². The third kappa shape index (κ3) is 7.28. The Balaban J connectivity index is 5.27. The maximum Gasteiger partial charge on any atom is 0.145 e. The normalized spacial score (nSPS) is 12.9. The first-order valence-corrected chi connectivity index (χ1v) is 12.0. The van der Waals surface area contributed by atoms with E-state index in [1.54, 1.807) is 0 Å². The third-order valence-electron chi connectivity index (χ3n) is 4.02. The van der Waals surface area contributed by atoms with Crippen molar-refractivity contribution in [2.45, 2.75) is 68.8 Å². The summed E-state index contributed by atoms with van der Waals surface area (Å²) < 4.78 is -0.900. The molecular formula is C14H29BCl4P. The Morgan fingerprint density at radius 1 is 0.700 bits per heavy atom. The van der Waals surface area contributed by atoms with Crippen LogP contribution >= 0.6 is 53.5 Å². The molecule has 0 unspecified atom stereocenters. The van der Waals surface area contributed by atoms with Gasteiger partial charge in [0.05, 0.1) is 0 Å². The summed E-state index contributed by atoms with van der Waals surface area (Å²) in [6.07, 6.45) is 11.1. The zero-order chi connectivity index (χ0) is 15.6. The highest BCUT2D eigenvalue weighted by Crippen LogP contribution is 2.66. The fourth-order valence-electron chi connectivity index (χ4n) is 2.79. The average Bonchev–Trinajstić information content (AvgIpc) is 2.39. The van der Waals surface area contributed by atoms with E-state index in [2.05, 4.69) is 20.8 Å². The molecule has 6 heteroatoms. The molecule has 0 aliphatic rings. The van der Waals surface area contributed by atoms with Crippen molar-refractivity contribution < 1.29 is 0 Å². The van der Waals surface area contributed by atoms with Crippen LogP contribution in [0.2, 0.25) is 0 Å². The van der Waals surface area contributed by atoms with Crippen molar-refractivity contribution in [3.63, 3.8) is 0 Å². The van der Waals surface area contributed by atoms with E-state index in [-0.39, 0.29) is 6.43 Å². The largest absolute Gasteiger partial charge is 0.172 e. The van der Waals surface area contributed by atoms with Crippen LogP contribution in [0.15, 0.2) is 0 Å². The molecule has 20 heavy (non-hydrogen) atoms. The lowest BCUT2D eigenvalue weighted by molar-refractivity contribution is 0.842. The highest BCUT2D eigenvalue weighted by Gasteiger charge is 2.41. The second-order valence-electron chi connectivity index (χ2n) is 5.61. The van der Waals surface area contributed by atoms with Crippen molar-refractivity contribution in [3.05, 3.63) is 0 Å². The number of unbranched alkanes of at least 4 members (excludes halogenated alkanes) is 3. The van der Waals surface area contributed by atoms with E-state index < -0.39 is 16.6 Å². The topological polar surface area (TPSA) is 0 Å². The first-order valence-electron chi connectivity index (χ1n) is 7.87. The van der Waals surface area contributed by atoms with Crippen LogP contribution in [0.1, 0.15) is 59.3 Å². The molecule has 0 aliphatic carbocycles. The fraction of sp³-hybridized carbons (Fsp3) is 1.00. The van der Waals surface area contributed by atoms with Crippen LogP contribution in [0.25, 0.3) is 0 Å². The quantitative estimate of drug-likeness (QED) is 0.193. The van der Waals surface area contributed by atoms with Gasteiger partial charge in [-0.15, -0.1) is 46.4 Å². The Kier molecular flexibility index (Phi) is 13.1. The van der Waals surface area contributed by atoms with Crippen molar-refractivity contribution in [1.29, 1.82) is 0 Å². The van der Waals surface area contributed by atoms with Gasteiger partial charge in [-0.25, -0.2) is 0 Å². The number of hydrogen-bond donors (Lipinski definition) is 0. The Bertz CT molecular complexity index is 209. The molecule has 0 heterocycles. The SMILES string of the molecule is CCCC[P+](CCCC)(CCCC)[B-](C(Cl)Cl)C(Cl)Cl. The molecule has 0 aliphatic heterocycles. The third-order valence-corrected chi connectivity index (χ3v) is 11.3. The monoisotopic (exact) mass is 379 g/mol. The second-order valence-corrected chi connectivity index (χ2v) is 12.3. The van der Waals surface area contributed by atoms with Gasteiger partial charge < -0.3 is 0 Å². The molecule has 0 atom stereocenters. The molecule has 0 N–H and O–H groups in total. The Hall–Kier alpha value is 1.65. The van der Waals surface area contributed by atoms with Crippen LogP contribution in [0, 0.1) is 0 Å². The maximum atomic E-state index is 6.28. The van der Waals surface area contributed by atoms with Gasteiger partial charge in [-0.2, -0.15) is 7.14 Å². The zero-order valence-electron chi connectivity index (χ0n) is 13.1. The smallest absolute Gasteiger partial charge is 0.145 e. The molecule has 0 saturated carbocycles. The van der Waals surface area contributed by atoms with Gasteiger partial charge in [0.25, 0.3) is 0 Å². The van der Waals surface area contributed by atoms with E-state index in [0.717, 1.165) is 0 Å². The molecule has 0 bridgehead atoms. The van der Waals surface area contributed by atoms with Crippen LogP contribution in [0.4, 0.5) is 0 Å². The van der Waals surface area contributed by atoms with E-state index in [1.165, 1.54) is 57.0 Å². The van der Waals surface area contributed by atoms with Gasteiger partial charge in [0, 0.05) is 18.5 Å². The second kappa shape index (κ2) is 12.1. The van der Waals surface area contributed by atoms with Crippen LogP contribution < -0.4 is 0 Å². The highest BCUT2D eigenvalue weighted by atomic mass is 35.5. The fourth-order valence-corrected chi connectivity index (χ4v) is 11.9. The standard InChI is InChI=1S/C14H29BCl4P/c1-4-7-10-20(11-8-5-2,12-9-6-3)15(13(16)17)14(18)19/h13-14H,4-12H2,1-3H3. The summed E-state index contributed by atoms with van der Waals surface area (Å²) in [4.78, 5) is 0. The number of alkyl halides is 4. The number of rotatable bonds is 12. The lowest BCUT2D eigenvalue weighted by Crippen LogP contribution is -2.38. The van der Waals surface area contributed by atoms with E-state index in [1.807, 2.05) is 0 Å². The van der Waals surface area contributed by atoms with E-state index in [4.69, 9.17) is 46.4 Å². The highest BCUT2D eigenvalue weighted by molar-refractivity contribution is 8.05. The Labute approximate surface area is 147 Å². The molecule has 121 valence electrons. The maximum absolute atomic E-state index is 6.28. The molecule has 0 nitrogen and oxygen atoms in total. The first kappa shape index (κ1) is 21.7. The lowest BCUT2D eigenvalue weighted by atomic mass is 9.82. The molecule has 0 fully saturated rings. The minimum Gasteiger partial charge on any atom is -0.172 e. The van der Waals surface area contributed by atoms with Gasteiger partial charge in [0.2, 0.25) is 0 Å². The van der Waals surface area contributed by atoms with E-state index in [9.17, 15) is 0 Å². The predicted molar refractivity (Wildman–Crippen MR) is 103 cm³/mol. The summed E-state index contributed by atoms with van der Waals surface area (Å²) in [6, 6.07) is 0. The summed E-state index contributed by atoms with van der Waals surface area (Å²) in [6.45, 7) is 6.71. The molecule has 0 aromatic carbocycles. The first-order chi connectivity index (χ1) is 9.45. The minimum absolute atomic E-state index is 0.0683. The molecule has 1 radical (unpaired) electrons. The molecule has 0 amide bonds. The van der Waals surface area contributed by atoms with Gasteiger partial charge in [0.1, 0.15) is 6.43 Å². The Morgan fingerprint density at radius 2 is 1.00 bits per heavy atom. The molecule has 0 spiro atoms. The summed E-state index contributed by atoms with van der Waals surface area (Å²) in [5.74, 6) is 0. The van der Waals surface area contributed by atoms with Crippen LogP contribution in [-0.2, 0) is 0 Å². The predicted octanol–water partition coefficient (Wildman–Crippen LogP) is 7.08. The van der Waals surface area contributed by atoms with Crippen molar-refractivity contribution >= 4 is 60.0 Å². The van der Waals surface area contributed by atoms with Crippen molar-refractivity contribution in [2.75, 3.05) is 18.5 Å². The molecule has 0 aromatic rings. The summed E-state index contributed by atoms with van der Waals surface area (Å²) in [7, 11) is -1.30. The van der Waals surface area contributed by atoms with Gasteiger partial charge in [-0.05, 0) is 28.7 Å². The van der Waals surface area contributed by atoms with Gasteiger partial charge >= 0.3 is 0 Å². The molecule has 0 rings (SSSR count). The van der Waals surface area contributed by atoms with Gasteiger partial charge in [-0.3, -0.25) is 0 Å². The van der Waals surface area contributed by atoms with Crippen molar-refractivity contribution in [1.82, 2.24) is 0 Å².